The Morgan fingerprint density at radius 1 is 1.25 bits per heavy atom. The number of carbonyl (C=O) groups is 1. The van der Waals surface area contributed by atoms with Gasteiger partial charge < -0.3 is 10.2 Å². The number of carbonyl (C=O) groups excluding carboxylic acids is 1. The highest BCUT2D eigenvalue weighted by atomic mass is 19.1. The minimum Gasteiger partial charge on any atom is -0.317 e. The van der Waals surface area contributed by atoms with E-state index in [1.54, 1.807) is 0 Å². The van der Waals surface area contributed by atoms with Gasteiger partial charge in [-0.2, -0.15) is 0 Å². The van der Waals surface area contributed by atoms with Crippen molar-refractivity contribution < 1.29 is 13.6 Å². The predicted octanol–water partition coefficient (Wildman–Crippen LogP) is 2.37. The van der Waals surface area contributed by atoms with Crippen LogP contribution in [0.2, 0.25) is 0 Å². The molecule has 0 saturated heterocycles. The Labute approximate surface area is 91.4 Å². The van der Waals surface area contributed by atoms with E-state index in [0.29, 0.717) is 13.1 Å². The summed E-state index contributed by atoms with van der Waals surface area (Å²) in [6.45, 7) is 0.978. The Hall–Kier alpha value is -1.91. The molecular formula is C11H10F2N2O. The topological polar surface area (TPSA) is 32.3 Å². The molecule has 0 spiro atoms. The first kappa shape index (κ1) is 10.6. The Bertz CT molecular complexity index is 438. The zero-order chi connectivity index (χ0) is 11.5. The van der Waals surface area contributed by atoms with Crippen LogP contribution in [0, 0.1) is 11.6 Å². The van der Waals surface area contributed by atoms with Crippen LogP contribution in [0.15, 0.2) is 30.4 Å². The molecule has 0 unspecified atom stereocenters. The van der Waals surface area contributed by atoms with Crippen molar-refractivity contribution in [1.82, 2.24) is 4.90 Å². The summed E-state index contributed by atoms with van der Waals surface area (Å²) in [4.78, 5) is 13.0. The summed E-state index contributed by atoms with van der Waals surface area (Å²) in [6, 6.07) is 2.50. The molecule has 0 radical (unpaired) electrons. The van der Waals surface area contributed by atoms with Gasteiger partial charge in [-0.1, -0.05) is 12.2 Å². The van der Waals surface area contributed by atoms with Gasteiger partial charge in [0.1, 0.15) is 11.6 Å². The van der Waals surface area contributed by atoms with Gasteiger partial charge in [0.25, 0.3) is 0 Å². The molecule has 1 aliphatic heterocycles. The fourth-order valence-electron chi connectivity index (χ4n) is 1.43. The van der Waals surface area contributed by atoms with E-state index in [1.165, 1.54) is 4.90 Å². The summed E-state index contributed by atoms with van der Waals surface area (Å²) in [5, 5.41) is 2.32. The van der Waals surface area contributed by atoms with Crippen LogP contribution in [0.5, 0.6) is 0 Å². The highest BCUT2D eigenvalue weighted by Crippen LogP contribution is 2.16. The minimum absolute atomic E-state index is 0.142. The smallest absolute Gasteiger partial charge is 0.317 e. The molecule has 0 aromatic heterocycles. The number of nitrogens with zero attached hydrogens (tertiary/aromatic N) is 1. The van der Waals surface area contributed by atoms with Crippen LogP contribution < -0.4 is 5.32 Å². The Morgan fingerprint density at radius 3 is 2.62 bits per heavy atom. The second kappa shape index (κ2) is 4.30. The van der Waals surface area contributed by atoms with Gasteiger partial charge in [-0.25, -0.2) is 13.6 Å². The number of nitrogens with one attached hydrogen (secondary N) is 1. The van der Waals surface area contributed by atoms with Gasteiger partial charge in [-0.15, -0.1) is 0 Å². The number of anilines is 1. The maximum Gasteiger partial charge on any atom is 0.322 e. The summed E-state index contributed by atoms with van der Waals surface area (Å²) >= 11 is 0. The average molecular weight is 224 g/mol. The summed E-state index contributed by atoms with van der Waals surface area (Å²) in [5.41, 5.74) is -0.142. The van der Waals surface area contributed by atoms with Crippen molar-refractivity contribution in [3.8, 4) is 0 Å². The molecule has 2 amide bonds. The van der Waals surface area contributed by atoms with Crippen LogP contribution >= 0.6 is 0 Å². The zero-order valence-electron chi connectivity index (χ0n) is 8.41. The number of urea groups is 1. The van der Waals surface area contributed by atoms with Gasteiger partial charge in [0.2, 0.25) is 0 Å². The lowest BCUT2D eigenvalue weighted by atomic mass is 10.3. The molecule has 5 heteroatoms. The van der Waals surface area contributed by atoms with Gasteiger partial charge in [-0.3, -0.25) is 0 Å². The monoisotopic (exact) mass is 224 g/mol. The molecule has 0 atom stereocenters. The first-order valence-corrected chi connectivity index (χ1v) is 4.83. The Kier molecular flexibility index (Phi) is 2.85. The lowest BCUT2D eigenvalue weighted by Crippen LogP contribution is -2.32. The van der Waals surface area contributed by atoms with Crippen molar-refractivity contribution in [1.29, 1.82) is 0 Å². The second-order valence-electron chi connectivity index (χ2n) is 3.43. The van der Waals surface area contributed by atoms with E-state index in [1.807, 2.05) is 12.2 Å². The third-order valence-electron chi connectivity index (χ3n) is 2.28. The van der Waals surface area contributed by atoms with E-state index in [4.69, 9.17) is 0 Å². The quantitative estimate of drug-likeness (QED) is 0.730. The SMILES string of the molecule is O=C(Nc1cc(F)ccc1F)N1CC=CC1. The third-order valence-corrected chi connectivity index (χ3v) is 2.28. The van der Waals surface area contributed by atoms with Crippen LogP contribution in [0.1, 0.15) is 0 Å². The molecule has 0 fully saturated rings. The summed E-state index contributed by atoms with van der Waals surface area (Å²) in [6.07, 6.45) is 3.67. The lowest BCUT2D eigenvalue weighted by molar-refractivity contribution is 0.224. The number of hydrogen-bond acceptors (Lipinski definition) is 1. The maximum absolute atomic E-state index is 13.2. The predicted molar refractivity (Wildman–Crippen MR) is 56.1 cm³/mol. The molecule has 1 aromatic carbocycles. The first-order valence-electron chi connectivity index (χ1n) is 4.83. The average Bonchev–Trinajstić information content (AvgIpc) is 2.76. The molecule has 1 aliphatic rings. The number of rotatable bonds is 1. The fourth-order valence-corrected chi connectivity index (χ4v) is 1.43. The molecule has 0 aliphatic carbocycles. The van der Waals surface area contributed by atoms with Crippen LogP contribution in [0.3, 0.4) is 0 Å². The van der Waals surface area contributed by atoms with Crippen LogP contribution in [0.4, 0.5) is 19.3 Å². The number of benzene rings is 1. The molecular weight excluding hydrogens is 214 g/mol. The highest BCUT2D eigenvalue weighted by molar-refractivity contribution is 5.89. The Balaban J connectivity index is 2.08. The van der Waals surface area contributed by atoms with E-state index in [0.717, 1.165) is 18.2 Å². The van der Waals surface area contributed by atoms with Crippen LogP contribution in [-0.4, -0.2) is 24.0 Å². The molecule has 1 aromatic rings. The standard InChI is InChI=1S/C11H10F2N2O/c12-8-3-4-9(13)10(7-8)14-11(16)15-5-1-2-6-15/h1-4,7H,5-6H2,(H,14,16). The molecule has 84 valence electrons. The van der Waals surface area contributed by atoms with Crippen molar-refractivity contribution in [3.05, 3.63) is 42.0 Å². The van der Waals surface area contributed by atoms with Crippen molar-refractivity contribution in [2.45, 2.75) is 0 Å². The van der Waals surface area contributed by atoms with Gasteiger partial charge in [-0.05, 0) is 12.1 Å². The summed E-state index contributed by atoms with van der Waals surface area (Å²) in [7, 11) is 0. The van der Waals surface area contributed by atoms with E-state index in [2.05, 4.69) is 5.32 Å². The summed E-state index contributed by atoms with van der Waals surface area (Å²) < 4.78 is 26.0. The van der Waals surface area contributed by atoms with E-state index in [-0.39, 0.29) is 5.69 Å². The van der Waals surface area contributed by atoms with Gasteiger partial charge >= 0.3 is 6.03 Å². The van der Waals surface area contributed by atoms with Gasteiger partial charge in [0, 0.05) is 19.2 Å². The first-order chi connectivity index (χ1) is 7.66. The van der Waals surface area contributed by atoms with E-state index in [9.17, 15) is 13.6 Å². The molecule has 16 heavy (non-hydrogen) atoms. The minimum atomic E-state index is -0.651. The second-order valence-corrected chi connectivity index (χ2v) is 3.43. The Morgan fingerprint density at radius 2 is 1.94 bits per heavy atom. The highest BCUT2D eigenvalue weighted by Gasteiger charge is 2.15. The van der Waals surface area contributed by atoms with Crippen molar-refractivity contribution >= 4 is 11.7 Å². The molecule has 1 N–H and O–H groups in total. The van der Waals surface area contributed by atoms with Crippen LogP contribution in [0.25, 0.3) is 0 Å². The molecule has 2 rings (SSSR count). The molecule has 3 nitrogen and oxygen atoms in total. The number of amides is 2. The number of halogens is 2. The van der Waals surface area contributed by atoms with Gasteiger partial charge in [0.05, 0.1) is 5.69 Å². The van der Waals surface area contributed by atoms with Crippen molar-refractivity contribution in [2.75, 3.05) is 18.4 Å². The van der Waals surface area contributed by atoms with Gasteiger partial charge in [0.15, 0.2) is 0 Å². The maximum atomic E-state index is 13.2. The van der Waals surface area contributed by atoms with E-state index < -0.39 is 17.7 Å². The third kappa shape index (κ3) is 2.18. The molecule has 0 bridgehead atoms. The summed E-state index contributed by atoms with van der Waals surface area (Å²) in [5.74, 6) is -1.24. The zero-order valence-corrected chi connectivity index (χ0v) is 8.41. The lowest BCUT2D eigenvalue weighted by Gasteiger charge is -2.16. The fraction of sp³-hybridized carbons (Fsp3) is 0.182. The van der Waals surface area contributed by atoms with Crippen LogP contribution in [-0.2, 0) is 0 Å². The molecule has 1 heterocycles. The molecule has 0 saturated carbocycles. The largest absolute Gasteiger partial charge is 0.322 e. The van der Waals surface area contributed by atoms with Crippen molar-refractivity contribution in [3.63, 3.8) is 0 Å². The van der Waals surface area contributed by atoms with Crippen molar-refractivity contribution in [2.24, 2.45) is 0 Å². The normalized spacial score (nSPS) is 14.2. The van der Waals surface area contributed by atoms with E-state index >= 15 is 0 Å². The number of hydrogen-bond donors (Lipinski definition) is 1.